The highest BCUT2D eigenvalue weighted by atomic mass is 32.1. The molecule has 2 fully saturated rings. The van der Waals surface area contributed by atoms with Gasteiger partial charge in [-0.2, -0.15) is 0 Å². The fourth-order valence-electron chi connectivity index (χ4n) is 2.42. The summed E-state index contributed by atoms with van der Waals surface area (Å²) in [4.78, 5) is 4.56. The third-order valence-corrected chi connectivity index (χ3v) is 5.62. The molecular weight excluding hydrogens is 259 g/mol. The molecule has 0 amide bonds. The van der Waals surface area contributed by atoms with E-state index in [0.717, 1.165) is 17.9 Å². The molecule has 19 heavy (non-hydrogen) atoms. The number of aromatic nitrogens is 1. The largest absolute Gasteiger partial charge is 0.507 e. The van der Waals surface area contributed by atoms with Crippen LogP contribution in [0.2, 0.25) is 0 Å². The molecule has 1 aromatic heterocycles. The number of thiazole rings is 1. The van der Waals surface area contributed by atoms with Crippen molar-refractivity contribution in [3.63, 3.8) is 0 Å². The lowest BCUT2D eigenvalue weighted by molar-refractivity contribution is 0.00578. The third-order valence-electron chi connectivity index (χ3n) is 4.44. The lowest BCUT2D eigenvalue weighted by atomic mass is 9.89. The quantitative estimate of drug-likeness (QED) is 0.834. The molecule has 0 radical (unpaired) electrons. The molecular formula is C13H21BN2O2S. The Balaban J connectivity index is 1.77. The minimum atomic E-state index is -0.281. The molecule has 0 saturated carbocycles. The smallest absolute Gasteiger partial charge is 0.399 e. The van der Waals surface area contributed by atoms with Crippen LogP contribution in [0.3, 0.4) is 0 Å². The molecule has 4 nitrogen and oxygen atoms in total. The van der Waals surface area contributed by atoms with Crippen molar-refractivity contribution in [1.82, 2.24) is 10.3 Å². The third kappa shape index (κ3) is 2.35. The molecule has 1 N–H and O–H groups in total. The van der Waals surface area contributed by atoms with Crippen LogP contribution >= 0.6 is 11.3 Å². The molecule has 3 heterocycles. The lowest BCUT2D eigenvalue weighted by Gasteiger charge is -2.32. The predicted molar refractivity (Wildman–Crippen MR) is 78.1 cm³/mol. The fourth-order valence-corrected chi connectivity index (χ4v) is 3.44. The van der Waals surface area contributed by atoms with E-state index in [0.29, 0.717) is 5.92 Å². The minimum Gasteiger partial charge on any atom is -0.399 e. The van der Waals surface area contributed by atoms with E-state index in [1.54, 1.807) is 11.3 Å². The van der Waals surface area contributed by atoms with E-state index in [1.807, 2.05) is 6.20 Å². The van der Waals surface area contributed by atoms with Crippen LogP contribution in [0.1, 0.15) is 45.0 Å². The average Bonchev–Trinajstić information content (AvgIpc) is 3.00. The topological polar surface area (TPSA) is 43.4 Å². The van der Waals surface area contributed by atoms with Gasteiger partial charge in [-0.3, -0.25) is 0 Å². The van der Waals surface area contributed by atoms with E-state index in [2.05, 4.69) is 38.0 Å². The normalized spacial score (nSPS) is 29.1. The Morgan fingerprint density at radius 3 is 2.58 bits per heavy atom. The van der Waals surface area contributed by atoms with Crippen molar-refractivity contribution in [2.24, 2.45) is 0 Å². The first-order valence-electron chi connectivity index (χ1n) is 6.91. The van der Waals surface area contributed by atoms with Crippen LogP contribution in [0.25, 0.3) is 0 Å². The molecule has 1 unspecified atom stereocenters. The summed E-state index contributed by atoms with van der Waals surface area (Å²) in [6.07, 6.45) is 3.09. The first-order valence-corrected chi connectivity index (χ1v) is 7.73. The molecule has 0 bridgehead atoms. The van der Waals surface area contributed by atoms with Crippen molar-refractivity contribution in [2.75, 3.05) is 13.1 Å². The van der Waals surface area contributed by atoms with E-state index in [4.69, 9.17) is 9.31 Å². The fraction of sp³-hybridized carbons (Fsp3) is 0.769. The standard InChI is InChI=1S/C13H21BN2O2S/c1-12(2)13(3,4)18-14(17-12)10-8-16-11(19-10)9-5-6-15-7-9/h8-9,15H,5-7H2,1-4H3. The van der Waals surface area contributed by atoms with Crippen LogP contribution in [0.5, 0.6) is 0 Å². The van der Waals surface area contributed by atoms with Gasteiger partial charge in [-0.25, -0.2) is 4.98 Å². The summed E-state index contributed by atoms with van der Waals surface area (Å²) in [5.41, 5.74) is -0.562. The minimum absolute atomic E-state index is 0.273. The van der Waals surface area contributed by atoms with Crippen molar-refractivity contribution in [1.29, 1.82) is 0 Å². The number of nitrogens with zero attached hydrogens (tertiary/aromatic N) is 1. The zero-order valence-electron chi connectivity index (χ0n) is 12.0. The Labute approximate surface area is 119 Å². The molecule has 3 rings (SSSR count). The second-order valence-electron chi connectivity index (χ2n) is 6.38. The van der Waals surface area contributed by atoms with Crippen molar-refractivity contribution in [2.45, 2.75) is 51.2 Å². The summed E-state index contributed by atoms with van der Waals surface area (Å²) in [7, 11) is -0.273. The molecule has 1 atom stereocenters. The summed E-state index contributed by atoms with van der Waals surface area (Å²) in [6.45, 7) is 10.4. The maximum absolute atomic E-state index is 6.06. The Hall–Kier alpha value is -0.425. The number of nitrogens with one attached hydrogen (secondary N) is 1. The van der Waals surface area contributed by atoms with Gasteiger partial charge >= 0.3 is 7.12 Å². The number of rotatable bonds is 2. The zero-order chi connectivity index (χ0) is 13.7. The van der Waals surface area contributed by atoms with Crippen molar-refractivity contribution in [3.05, 3.63) is 11.2 Å². The molecule has 2 aliphatic heterocycles. The van der Waals surface area contributed by atoms with Gasteiger partial charge in [0, 0.05) is 18.7 Å². The average molecular weight is 280 g/mol. The van der Waals surface area contributed by atoms with Crippen molar-refractivity contribution in [3.8, 4) is 0 Å². The molecule has 0 aliphatic carbocycles. The van der Waals surface area contributed by atoms with Crippen LogP contribution in [0.4, 0.5) is 0 Å². The first-order chi connectivity index (χ1) is 8.89. The SMILES string of the molecule is CC1(C)OB(c2cnc(C3CCNC3)s2)OC1(C)C. The maximum Gasteiger partial charge on any atom is 0.507 e. The molecule has 104 valence electrons. The van der Waals surface area contributed by atoms with Gasteiger partial charge in [-0.05, 0) is 40.7 Å². The van der Waals surface area contributed by atoms with E-state index in [9.17, 15) is 0 Å². The van der Waals surface area contributed by atoms with Crippen LogP contribution in [-0.4, -0.2) is 36.4 Å². The van der Waals surface area contributed by atoms with E-state index in [1.165, 1.54) is 11.4 Å². The second-order valence-corrected chi connectivity index (χ2v) is 7.47. The van der Waals surface area contributed by atoms with Crippen LogP contribution in [-0.2, 0) is 9.31 Å². The highest BCUT2D eigenvalue weighted by molar-refractivity contribution is 7.22. The molecule has 1 aromatic rings. The van der Waals surface area contributed by atoms with E-state index >= 15 is 0 Å². The number of hydrogen-bond acceptors (Lipinski definition) is 5. The van der Waals surface area contributed by atoms with E-state index in [-0.39, 0.29) is 18.3 Å². The summed E-state index contributed by atoms with van der Waals surface area (Å²) >= 11 is 1.73. The summed E-state index contributed by atoms with van der Waals surface area (Å²) in [5, 5.41) is 4.58. The summed E-state index contributed by atoms with van der Waals surface area (Å²) < 4.78 is 13.2. The van der Waals surface area contributed by atoms with Gasteiger partial charge < -0.3 is 14.6 Å². The van der Waals surface area contributed by atoms with Gasteiger partial charge in [0.25, 0.3) is 0 Å². The van der Waals surface area contributed by atoms with Gasteiger partial charge in [0.05, 0.1) is 21.0 Å². The Morgan fingerprint density at radius 2 is 2.00 bits per heavy atom. The molecule has 2 saturated heterocycles. The Morgan fingerprint density at radius 1 is 1.32 bits per heavy atom. The van der Waals surface area contributed by atoms with Gasteiger partial charge in [-0.1, -0.05) is 0 Å². The molecule has 0 spiro atoms. The van der Waals surface area contributed by atoms with Crippen LogP contribution in [0, 0.1) is 0 Å². The van der Waals surface area contributed by atoms with Gasteiger partial charge in [0.1, 0.15) is 0 Å². The molecule has 2 aliphatic rings. The summed E-state index contributed by atoms with van der Waals surface area (Å²) in [5.74, 6) is 0.557. The van der Waals surface area contributed by atoms with Crippen LogP contribution in [0.15, 0.2) is 6.20 Å². The van der Waals surface area contributed by atoms with Gasteiger partial charge in [-0.15, -0.1) is 11.3 Å². The molecule has 6 heteroatoms. The second kappa shape index (κ2) is 4.55. The Kier molecular flexibility index (Phi) is 3.25. The van der Waals surface area contributed by atoms with Gasteiger partial charge in [0.15, 0.2) is 0 Å². The first kappa shape index (κ1) is 13.6. The van der Waals surface area contributed by atoms with Gasteiger partial charge in [0.2, 0.25) is 0 Å². The van der Waals surface area contributed by atoms with Crippen molar-refractivity contribution >= 4 is 23.2 Å². The van der Waals surface area contributed by atoms with Crippen LogP contribution < -0.4 is 10.1 Å². The monoisotopic (exact) mass is 280 g/mol. The maximum atomic E-state index is 6.06. The predicted octanol–water partition coefficient (Wildman–Crippen LogP) is 1.52. The summed E-state index contributed by atoms with van der Waals surface area (Å²) in [6, 6.07) is 0. The molecule has 0 aromatic carbocycles. The number of hydrogen-bond donors (Lipinski definition) is 1. The van der Waals surface area contributed by atoms with E-state index < -0.39 is 0 Å². The zero-order valence-corrected chi connectivity index (χ0v) is 12.8. The lowest BCUT2D eigenvalue weighted by Crippen LogP contribution is -2.41. The Bertz CT molecular complexity index is 453. The highest BCUT2D eigenvalue weighted by Crippen LogP contribution is 2.37. The highest BCUT2D eigenvalue weighted by Gasteiger charge is 2.52. The van der Waals surface area contributed by atoms with Crippen molar-refractivity contribution < 1.29 is 9.31 Å².